The summed E-state index contributed by atoms with van der Waals surface area (Å²) in [6, 6.07) is 15.4. The Morgan fingerprint density at radius 2 is 1.75 bits per heavy atom. The van der Waals surface area contributed by atoms with Gasteiger partial charge in [0.05, 0.1) is 22.7 Å². The van der Waals surface area contributed by atoms with E-state index < -0.39 is 10.0 Å². The fourth-order valence-electron chi connectivity index (χ4n) is 2.17. The van der Waals surface area contributed by atoms with Gasteiger partial charge in [0.25, 0.3) is 10.0 Å². The molecule has 6 nitrogen and oxygen atoms in total. The van der Waals surface area contributed by atoms with Gasteiger partial charge in [-0.25, -0.2) is 0 Å². The summed E-state index contributed by atoms with van der Waals surface area (Å²) in [5.74, 6) is 0.714. The van der Waals surface area contributed by atoms with Gasteiger partial charge in [0.2, 0.25) is 0 Å². The van der Waals surface area contributed by atoms with Gasteiger partial charge in [-0.2, -0.15) is 23.1 Å². The fourth-order valence-corrected chi connectivity index (χ4v) is 3.65. The molecule has 0 atom stereocenters. The fraction of sp³-hybridized carbons (Fsp3) is 0.0625. The Kier molecular flexibility index (Phi) is 4.59. The number of halogens is 1. The molecule has 124 valence electrons. The molecule has 0 radical (unpaired) electrons. The van der Waals surface area contributed by atoms with Crippen LogP contribution in [-0.4, -0.2) is 25.4 Å². The van der Waals surface area contributed by atoms with Crippen molar-refractivity contribution in [1.29, 1.82) is 0 Å². The number of benzene rings is 2. The van der Waals surface area contributed by atoms with Gasteiger partial charge in [-0.3, -0.25) is 0 Å². The zero-order chi connectivity index (χ0) is 17.2. The number of hydrogen-bond donors (Lipinski definition) is 1. The lowest BCUT2D eigenvalue weighted by atomic mass is 10.1. The van der Waals surface area contributed by atoms with Crippen molar-refractivity contribution < 1.29 is 13.2 Å². The molecule has 0 aliphatic heterocycles. The highest BCUT2D eigenvalue weighted by molar-refractivity contribution is 9.10. The molecule has 0 aliphatic carbocycles. The smallest absolute Gasteiger partial charge is 0.276 e. The first-order valence-corrected chi connectivity index (χ1v) is 9.25. The quantitative estimate of drug-likeness (QED) is 0.704. The SMILES string of the molecule is COc1ccc(-c2c(Br)cnn2NS(=O)(=O)c2ccccc2)cc1. The maximum absolute atomic E-state index is 12.5. The van der Waals surface area contributed by atoms with E-state index in [4.69, 9.17) is 4.74 Å². The number of hydrogen-bond acceptors (Lipinski definition) is 4. The molecule has 24 heavy (non-hydrogen) atoms. The van der Waals surface area contributed by atoms with E-state index in [-0.39, 0.29) is 4.90 Å². The number of nitrogens with zero attached hydrogens (tertiary/aromatic N) is 2. The lowest BCUT2D eigenvalue weighted by molar-refractivity contribution is 0.415. The molecule has 0 aliphatic rings. The molecule has 0 fully saturated rings. The number of sulfonamides is 1. The standard InChI is InChI=1S/C16H14BrN3O3S/c1-23-13-9-7-12(8-10-13)16-15(17)11-18-20(16)19-24(21,22)14-5-3-2-4-6-14/h2-11,19H,1H3. The predicted octanol–water partition coefficient (Wildman–Crippen LogP) is 3.25. The molecule has 0 unspecified atom stereocenters. The highest BCUT2D eigenvalue weighted by Gasteiger charge is 2.18. The van der Waals surface area contributed by atoms with Crippen LogP contribution in [0.4, 0.5) is 0 Å². The van der Waals surface area contributed by atoms with Gasteiger partial charge in [-0.05, 0) is 52.3 Å². The van der Waals surface area contributed by atoms with E-state index >= 15 is 0 Å². The Morgan fingerprint density at radius 1 is 1.08 bits per heavy atom. The Morgan fingerprint density at radius 3 is 2.38 bits per heavy atom. The van der Waals surface area contributed by atoms with Crippen LogP contribution in [0, 0.1) is 0 Å². The van der Waals surface area contributed by atoms with E-state index in [2.05, 4.69) is 25.9 Å². The Hall–Kier alpha value is -2.32. The predicted molar refractivity (Wildman–Crippen MR) is 94.9 cm³/mol. The van der Waals surface area contributed by atoms with Crippen LogP contribution < -0.4 is 9.57 Å². The summed E-state index contributed by atoms with van der Waals surface area (Å²) >= 11 is 3.40. The van der Waals surface area contributed by atoms with E-state index in [1.54, 1.807) is 37.4 Å². The summed E-state index contributed by atoms with van der Waals surface area (Å²) in [5, 5.41) is 4.09. The average molecular weight is 408 g/mol. The van der Waals surface area contributed by atoms with Gasteiger partial charge in [0, 0.05) is 5.56 Å². The molecule has 0 spiro atoms. The molecule has 1 N–H and O–H groups in total. The van der Waals surface area contributed by atoms with Gasteiger partial charge in [0.1, 0.15) is 11.4 Å². The largest absolute Gasteiger partial charge is 0.497 e. The van der Waals surface area contributed by atoms with Crippen molar-refractivity contribution in [3.63, 3.8) is 0 Å². The number of methoxy groups -OCH3 is 1. The minimum Gasteiger partial charge on any atom is -0.497 e. The van der Waals surface area contributed by atoms with Crippen molar-refractivity contribution in [2.45, 2.75) is 4.90 Å². The number of nitrogens with one attached hydrogen (secondary N) is 1. The molecule has 0 saturated carbocycles. The molecule has 3 rings (SSSR count). The van der Waals surface area contributed by atoms with Crippen LogP contribution in [0.5, 0.6) is 5.75 Å². The lowest BCUT2D eigenvalue weighted by Gasteiger charge is -2.12. The second-order valence-electron chi connectivity index (χ2n) is 4.89. The van der Waals surface area contributed by atoms with Crippen LogP contribution in [0.1, 0.15) is 0 Å². The van der Waals surface area contributed by atoms with Crippen LogP contribution >= 0.6 is 15.9 Å². The first-order chi connectivity index (χ1) is 11.5. The minimum atomic E-state index is -3.74. The zero-order valence-electron chi connectivity index (χ0n) is 12.7. The molecule has 2 aromatic carbocycles. The molecule has 3 aromatic rings. The monoisotopic (exact) mass is 407 g/mol. The Bertz CT molecular complexity index is 938. The minimum absolute atomic E-state index is 0.164. The van der Waals surface area contributed by atoms with Crippen molar-refractivity contribution in [2.24, 2.45) is 0 Å². The first kappa shape index (κ1) is 16.5. The van der Waals surface area contributed by atoms with Gasteiger partial charge in [-0.1, -0.05) is 18.2 Å². The molecular formula is C16H14BrN3O3S. The van der Waals surface area contributed by atoms with E-state index in [1.807, 2.05) is 12.1 Å². The van der Waals surface area contributed by atoms with E-state index in [0.717, 1.165) is 5.56 Å². The van der Waals surface area contributed by atoms with Gasteiger partial charge < -0.3 is 4.74 Å². The normalized spacial score (nSPS) is 11.2. The van der Waals surface area contributed by atoms with Crippen molar-refractivity contribution >= 4 is 26.0 Å². The third-order valence-electron chi connectivity index (χ3n) is 3.35. The molecule has 8 heteroatoms. The molecule has 1 aromatic heterocycles. The summed E-state index contributed by atoms with van der Waals surface area (Å²) in [7, 11) is -2.15. The third kappa shape index (κ3) is 3.29. The van der Waals surface area contributed by atoms with Crippen molar-refractivity contribution in [1.82, 2.24) is 9.89 Å². The second-order valence-corrected chi connectivity index (χ2v) is 7.40. The Labute approximate surface area is 148 Å². The van der Waals surface area contributed by atoms with Gasteiger partial charge >= 0.3 is 0 Å². The van der Waals surface area contributed by atoms with E-state index in [1.165, 1.54) is 23.1 Å². The van der Waals surface area contributed by atoms with Crippen LogP contribution in [0.3, 0.4) is 0 Å². The number of aromatic nitrogens is 2. The van der Waals surface area contributed by atoms with Crippen molar-refractivity contribution in [2.75, 3.05) is 11.9 Å². The maximum atomic E-state index is 12.5. The highest BCUT2D eigenvalue weighted by Crippen LogP contribution is 2.29. The summed E-state index contributed by atoms with van der Waals surface area (Å²) in [6.45, 7) is 0. The van der Waals surface area contributed by atoms with Crippen molar-refractivity contribution in [3.8, 4) is 17.0 Å². The lowest BCUT2D eigenvalue weighted by Crippen LogP contribution is -2.25. The summed E-state index contributed by atoms with van der Waals surface area (Å²) in [4.78, 5) is 3.86. The molecule has 0 bridgehead atoms. The van der Waals surface area contributed by atoms with Crippen molar-refractivity contribution in [3.05, 3.63) is 65.3 Å². The highest BCUT2D eigenvalue weighted by atomic mass is 79.9. The first-order valence-electron chi connectivity index (χ1n) is 6.97. The van der Waals surface area contributed by atoms with Crippen LogP contribution in [0.15, 0.2) is 70.2 Å². The molecule has 1 heterocycles. The molecule has 0 amide bonds. The van der Waals surface area contributed by atoms with Crippen LogP contribution in [0.25, 0.3) is 11.3 Å². The summed E-state index contributed by atoms with van der Waals surface area (Å²) < 4.78 is 30.8. The number of rotatable bonds is 5. The van der Waals surface area contributed by atoms with E-state index in [0.29, 0.717) is 15.9 Å². The molecular weight excluding hydrogens is 394 g/mol. The van der Waals surface area contributed by atoms with Crippen LogP contribution in [-0.2, 0) is 10.0 Å². The summed E-state index contributed by atoms with van der Waals surface area (Å²) in [6.07, 6.45) is 1.53. The average Bonchev–Trinajstić information content (AvgIpc) is 2.95. The number of ether oxygens (including phenoxy) is 1. The zero-order valence-corrected chi connectivity index (χ0v) is 15.1. The van der Waals surface area contributed by atoms with E-state index in [9.17, 15) is 8.42 Å². The molecule has 0 saturated heterocycles. The third-order valence-corrected chi connectivity index (χ3v) is 5.23. The van der Waals surface area contributed by atoms with Gasteiger partial charge in [0.15, 0.2) is 0 Å². The van der Waals surface area contributed by atoms with Crippen LogP contribution in [0.2, 0.25) is 0 Å². The Balaban J connectivity index is 1.98. The maximum Gasteiger partial charge on any atom is 0.276 e. The van der Waals surface area contributed by atoms with Gasteiger partial charge in [-0.15, -0.1) is 0 Å². The topological polar surface area (TPSA) is 73.2 Å². The second kappa shape index (κ2) is 6.66. The summed E-state index contributed by atoms with van der Waals surface area (Å²) in [5.41, 5.74) is 1.38.